The zero-order valence-electron chi connectivity index (χ0n) is 15.7. The Kier molecular flexibility index (Phi) is 5.69. The molecule has 2 aromatic rings. The first-order valence-electron chi connectivity index (χ1n) is 9.27. The Morgan fingerprint density at radius 1 is 1.20 bits per heavy atom. The van der Waals surface area contributed by atoms with Gasteiger partial charge in [0.1, 0.15) is 0 Å². The van der Waals surface area contributed by atoms with Crippen LogP contribution in [-0.4, -0.2) is 37.3 Å². The Morgan fingerprint density at radius 3 is 2.40 bits per heavy atom. The van der Waals surface area contributed by atoms with Crippen molar-refractivity contribution in [3.8, 4) is 11.4 Å². The second-order valence-corrected chi connectivity index (χ2v) is 8.28. The van der Waals surface area contributed by atoms with Crippen LogP contribution >= 0.6 is 12.2 Å². The molecule has 1 fully saturated rings. The molecule has 2 aromatic heterocycles. The number of aromatic nitrogens is 4. The molecular formula is C19H29N5S. The molecule has 2 heterocycles. The van der Waals surface area contributed by atoms with Crippen molar-refractivity contribution in [2.45, 2.75) is 53.2 Å². The van der Waals surface area contributed by atoms with Crippen molar-refractivity contribution >= 4 is 12.2 Å². The van der Waals surface area contributed by atoms with Gasteiger partial charge >= 0.3 is 0 Å². The average Bonchev–Trinajstić information content (AvgIpc) is 3.32. The van der Waals surface area contributed by atoms with Gasteiger partial charge in [-0.15, -0.1) is 0 Å². The third kappa shape index (κ3) is 4.55. The molecule has 0 bridgehead atoms. The van der Waals surface area contributed by atoms with E-state index in [9.17, 15) is 0 Å². The topological polar surface area (TPSA) is 38.9 Å². The maximum Gasteiger partial charge on any atom is 0.199 e. The standard InChI is InChI=1S/C19H29N5S/c1-14(2)11-22(12-15(3)4)13-23-19(25)24(17-7-8-17)18(21-23)16-6-5-9-20-10-16/h5-6,9-10,14-15,17H,7-8,11-13H2,1-4H3. The molecule has 1 aliphatic rings. The number of hydrogen-bond acceptors (Lipinski definition) is 4. The minimum Gasteiger partial charge on any atom is -0.297 e. The summed E-state index contributed by atoms with van der Waals surface area (Å²) in [6.07, 6.45) is 6.05. The summed E-state index contributed by atoms with van der Waals surface area (Å²) in [7, 11) is 0. The molecule has 136 valence electrons. The van der Waals surface area contributed by atoms with Gasteiger partial charge in [0.05, 0.1) is 6.67 Å². The van der Waals surface area contributed by atoms with Crippen molar-refractivity contribution in [2.24, 2.45) is 11.8 Å². The average molecular weight is 360 g/mol. The van der Waals surface area contributed by atoms with Crippen molar-refractivity contribution in [1.82, 2.24) is 24.2 Å². The van der Waals surface area contributed by atoms with E-state index in [4.69, 9.17) is 17.3 Å². The Hall–Kier alpha value is -1.53. The van der Waals surface area contributed by atoms with Crippen LogP contribution in [-0.2, 0) is 6.67 Å². The fourth-order valence-corrected chi connectivity index (χ4v) is 3.61. The minimum atomic E-state index is 0.500. The van der Waals surface area contributed by atoms with Crippen LogP contribution < -0.4 is 0 Å². The number of rotatable bonds is 8. The SMILES string of the molecule is CC(C)CN(CC(C)C)Cn1nc(-c2cccnc2)n(C2CC2)c1=S. The van der Waals surface area contributed by atoms with Crippen LogP contribution in [0.15, 0.2) is 24.5 Å². The van der Waals surface area contributed by atoms with Crippen LogP contribution in [0, 0.1) is 16.6 Å². The monoisotopic (exact) mass is 359 g/mol. The van der Waals surface area contributed by atoms with Gasteiger partial charge in [0.2, 0.25) is 0 Å². The molecule has 1 saturated carbocycles. The third-order valence-corrected chi connectivity index (χ3v) is 4.69. The summed E-state index contributed by atoms with van der Waals surface area (Å²) in [6.45, 7) is 11.9. The summed E-state index contributed by atoms with van der Waals surface area (Å²) in [5, 5.41) is 4.89. The number of nitrogens with zero attached hydrogens (tertiary/aromatic N) is 5. The smallest absolute Gasteiger partial charge is 0.199 e. The zero-order chi connectivity index (χ0) is 18.0. The van der Waals surface area contributed by atoms with Gasteiger partial charge in [-0.2, -0.15) is 5.10 Å². The third-order valence-electron chi connectivity index (χ3n) is 4.28. The van der Waals surface area contributed by atoms with Gasteiger partial charge in [0, 0.05) is 37.1 Å². The Bertz CT molecular complexity index is 733. The lowest BCUT2D eigenvalue weighted by atomic mass is 10.1. The Morgan fingerprint density at radius 2 is 1.88 bits per heavy atom. The summed E-state index contributed by atoms with van der Waals surface area (Å²) in [6, 6.07) is 4.52. The van der Waals surface area contributed by atoms with Gasteiger partial charge in [-0.3, -0.25) is 14.5 Å². The first-order valence-corrected chi connectivity index (χ1v) is 9.68. The minimum absolute atomic E-state index is 0.500. The van der Waals surface area contributed by atoms with Crippen molar-refractivity contribution in [2.75, 3.05) is 13.1 Å². The second kappa shape index (κ2) is 7.79. The highest BCUT2D eigenvalue weighted by Crippen LogP contribution is 2.38. The molecule has 0 unspecified atom stereocenters. The van der Waals surface area contributed by atoms with Crippen LogP contribution in [0.1, 0.15) is 46.6 Å². The van der Waals surface area contributed by atoms with Crippen molar-refractivity contribution in [1.29, 1.82) is 0 Å². The quantitative estimate of drug-likeness (QED) is 0.656. The van der Waals surface area contributed by atoms with E-state index >= 15 is 0 Å². The molecule has 0 amide bonds. The van der Waals surface area contributed by atoms with Gasteiger partial charge in [-0.25, -0.2) is 4.68 Å². The van der Waals surface area contributed by atoms with Crippen molar-refractivity contribution in [3.63, 3.8) is 0 Å². The summed E-state index contributed by atoms with van der Waals surface area (Å²) < 4.78 is 5.06. The first-order chi connectivity index (χ1) is 12.0. The highest BCUT2D eigenvalue weighted by molar-refractivity contribution is 7.71. The van der Waals surface area contributed by atoms with Gasteiger partial charge < -0.3 is 0 Å². The Labute approximate surface area is 155 Å². The molecule has 6 heteroatoms. The van der Waals surface area contributed by atoms with Crippen LogP contribution in [0.5, 0.6) is 0 Å². The van der Waals surface area contributed by atoms with Gasteiger partial charge in [0.15, 0.2) is 10.6 Å². The van der Waals surface area contributed by atoms with Gasteiger partial charge in [-0.05, 0) is 49.0 Å². The molecule has 0 spiro atoms. The van der Waals surface area contributed by atoms with E-state index in [0.717, 1.165) is 35.9 Å². The highest BCUT2D eigenvalue weighted by atomic mass is 32.1. The van der Waals surface area contributed by atoms with Crippen molar-refractivity contribution < 1.29 is 0 Å². The van der Waals surface area contributed by atoms with E-state index < -0.39 is 0 Å². The number of hydrogen-bond donors (Lipinski definition) is 0. The fraction of sp³-hybridized carbons (Fsp3) is 0.632. The van der Waals surface area contributed by atoms with Gasteiger partial charge in [-0.1, -0.05) is 27.7 Å². The summed E-state index contributed by atoms with van der Waals surface area (Å²) in [5.41, 5.74) is 1.04. The van der Waals surface area contributed by atoms with Crippen LogP contribution in [0.2, 0.25) is 0 Å². The maximum atomic E-state index is 5.79. The van der Waals surface area contributed by atoms with E-state index in [2.05, 4.69) is 48.2 Å². The second-order valence-electron chi connectivity index (χ2n) is 7.91. The summed E-state index contributed by atoms with van der Waals surface area (Å²) in [5.74, 6) is 2.20. The highest BCUT2D eigenvalue weighted by Gasteiger charge is 2.29. The maximum absolute atomic E-state index is 5.79. The lowest BCUT2D eigenvalue weighted by molar-refractivity contribution is 0.164. The first kappa shape index (κ1) is 18.3. The van der Waals surface area contributed by atoms with E-state index in [1.54, 1.807) is 6.20 Å². The Balaban J connectivity index is 1.92. The normalized spacial score (nSPS) is 14.8. The van der Waals surface area contributed by atoms with E-state index in [-0.39, 0.29) is 0 Å². The predicted molar refractivity (Wildman–Crippen MR) is 104 cm³/mol. The van der Waals surface area contributed by atoms with Crippen LogP contribution in [0.3, 0.4) is 0 Å². The molecule has 3 rings (SSSR count). The molecule has 5 nitrogen and oxygen atoms in total. The molecule has 0 radical (unpaired) electrons. The predicted octanol–water partition coefficient (Wildman–Crippen LogP) is 4.38. The molecule has 1 aliphatic carbocycles. The lowest BCUT2D eigenvalue weighted by Gasteiger charge is -2.25. The molecule has 0 saturated heterocycles. The fourth-order valence-electron chi connectivity index (χ4n) is 3.28. The molecule has 0 atom stereocenters. The molecule has 0 aliphatic heterocycles. The molecule has 25 heavy (non-hydrogen) atoms. The molecule has 0 N–H and O–H groups in total. The molecular weight excluding hydrogens is 330 g/mol. The van der Waals surface area contributed by atoms with E-state index in [0.29, 0.717) is 17.9 Å². The van der Waals surface area contributed by atoms with Gasteiger partial charge in [0.25, 0.3) is 0 Å². The van der Waals surface area contributed by atoms with Crippen LogP contribution in [0.4, 0.5) is 0 Å². The molecule has 0 aromatic carbocycles. The van der Waals surface area contributed by atoms with Crippen molar-refractivity contribution in [3.05, 3.63) is 29.3 Å². The van der Waals surface area contributed by atoms with Crippen LogP contribution in [0.25, 0.3) is 11.4 Å². The van der Waals surface area contributed by atoms with E-state index in [1.165, 1.54) is 12.8 Å². The summed E-state index contributed by atoms with van der Waals surface area (Å²) in [4.78, 5) is 6.71. The number of pyridine rings is 1. The summed E-state index contributed by atoms with van der Waals surface area (Å²) >= 11 is 5.79. The largest absolute Gasteiger partial charge is 0.297 e. The zero-order valence-corrected chi connectivity index (χ0v) is 16.5. The van der Waals surface area contributed by atoms with E-state index in [1.807, 2.05) is 16.9 Å². The lowest BCUT2D eigenvalue weighted by Crippen LogP contribution is -2.33.